The Labute approximate surface area is 90.5 Å². The Hall–Kier alpha value is -0.530. The lowest BCUT2D eigenvalue weighted by Gasteiger charge is -2.26. The fourth-order valence-corrected chi connectivity index (χ4v) is 2.26. The van der Waals surface area contributed by atoms with Crippen molar-refractivity contribution >= 4 is 11.6 Å². The van der Waals surface area contributed by atoms with E-state index < -0.39 is 0 Å². The molecule has 0 N–H and O–H groups in total. The molecule has 0 spiro atoms. The molecule has 14 heavy (non-hydrogen) atoms. The summed E-state index contributed by atoms with van der Waals surface area (Å²) < 4.78 is 0. The molecule has 1 saturated heterocycles. The Morgan fingerprint density at radius 3 is 2.64 bits per heavy atom. The SMILES string of the molecule is ClC(c1ccccc1)C1CCCC[N]1. The lowest BCUT2D eigenvalue weighted by atomic mass is 9.97. The van der Waals surface area contributed by atoms with Crippen molar-refractivity contribution in [1.82, 2.24) is 5.32 Å². The standard InChI is InChI=1S/C12H15ClN/c13-12(10-6-2-1-3-7-10)11-8-4-5-9-14-11/h1-3,6-7,11-12H,4-5,8-9H2. The molecule has 1 aromatic rings. The molecule has 1 aromatic carbocycles. The van der Waals surface area contributed by atoms with E-state index in [1.807, 2.05) is 18.2 Å². The van der Waals surface area contributed by atoms with Crippen molar-refractivity contribution in [2.75, 3.05) is 6.54 Å². The van der Waals surface area contributed by atoms with Crippen molar-refractivity contribution < 1.29 is 0 Å². The van der Waals surface area contributed by atoms with Crippen LogP contribution < -0.4 is 5.32 Å². The van der Waals surface area contributed by atoms with Crippen molar-refractivity contribution in [3.8, 4) is 0 Å². The van der Waals surface area contributed by atoms with Gasteiger partial charge in [-0.05, 0) is 18.4 Å². The average molecular weight is 209 g/mol. The number of hydrogen-bond acceptors (Lipinski definition) is 0. The summed E-state index contributed by atoms with van der Waals surface area (Å²) in [5.41, 5.74) is 1.20. The highest BCUT2D eigenvalue weighted by molar-refractivity contribution is 6.21. The Balaban J connectivity index is 2.03. The summed E-state index contributed by atoms with van der Waals surface area (Å²) >= 11 is 6.39. The summed E-state index contributed by atoms with van der Waals surface area (Å²) in [5.74, 6) is 0. The lowest BCUT2D eigenvalue weighted by molar-refractivity contribution is 0.384. The first-order chi connectivity index (χ1) is 6.88. The minimum absolute atomic E-state index is 0.0662. The second-order valence-corrected chi connectivity index (χ2v) is 4.25. The normalized spacial score (nSPS) is 24.5. The molecule has 0 aromatic heterocycles. The Bertz CT molecular complexity index is 267. The molecule has 1 heterocycles. The molecule has 2 rings (SSSR count). The topological polar surface area (TPSA) is 14.1 Å². The first-order valence-electron chi connectivity index (χ1n) is 5.23. The lowest BCUT2D eigenvalue weighted by Crippen LogP contribution is -2.31. The van der Waals surface area contributed by atoms with Crippen molar-refractivity contribution in [1.29, 1.82) is 0 Å². The number of rotatable bonds is 2. The van der Waals surface area contributed by atoms with E-state index in [1.165, 1.54) is 18.4 Å². The minimum atomic E-state index is 0.0662. The highest BCUT2D eigenvalue weighted by Crippen LogP contribution is 2.29. The van der Waals surface area contributed by atoms with E-state index in [0.717, 1.165) is 13.0 Å². The Kier molecular flexibility index (Phi) is 3.44. The van der Waals surface area contributed by atoms with Crippen LogP contribution in [0.2, 0.25) is 0 Å². The number of hydrogen-bond donors (Lipinski definition) is 0. The van der Waals surface area contributed by atoms with Gasteiger partial charge in [-0.25, -0.2) is 5.32 Å². The third-order valence-corrected chi connectivity index (χ3v) is 3.27. The van der Waals surface area contributed by atoms with E-state index in [9.17, 15) is 0 Å². The molecule has 1 fully saturated rings. The maximum Gasteiger partial charge on any atom is 0.0754 e. The van der Waals surface area contributed by atoms with E-state index in [-0.39, 0.29) is 5.38 Å². The molecule has 1 radical (unpaired) electrons. The summed E-state index contributed by atoms with van der Waals surface area (Å²) in [4.78, 5) is 0. The monoisotopic (exact) mass is 208 g/mol. The van der Waals surface area contributed by atoms with Gasteiger partial charge in [0.2, 0.25) is 0 Å². The van der Waals surface area contributed by atoms with Crippen LogP contribution in [0.15, 0.2) is 30.3 Å². The van der Waals surface area contributed by atoms with Gasteiger partial charge in [0.25, 0.3) is 0 Å². The van der Waals surface area contributed by atoms with Gasteiger partial charge in [-0.15, -0.1) is 11.6 Å². The first-order valence-corrected chi connectivity index (χ1v) is 5.67. The number of alkyl halides is 1. The molecular weight excluding hydrogens is 194 g/mol. The van der Waals surface area contributed by atoms with Crippen LogP contribution in [0.25, 0.3) is 0 Å². The third kappa shape index (κ3) is 2.28. The second-order valence-electron chi connectivity index (χ2n) is 3.78. The predicted molar refractivity (Wildman–Crippen MR) is 59.7 cm³/mol. The molecule has 0 saturated carbocycles. The summed E-state index contributed by atoms with van der Waals surface area (Å²) in [6, 6.07) is 10.6. The molecule has 0 bridgehead atoms. The molecule has 0 amide bonds. The molecule has 0 aliphatic carbocycles. The molecule has 2 unspecified atom stereocenters. The van der Waals surface area contributed by atoms with E-state index in [2.05, 4.69) is 17.4 Å². The molecule has 1 nitrogen and oxygen atoms in total. The van der Waals surface area contributed by atoms with Gasteiger partial charge in [0, 0.05) is 12.6 Å². The zero-order valence-electron chi connectivity index (χ0n) is 8.20. The van der Waals surface area contributed by atoms with Crippen molar-refractivity contribution in [2.24, 2.45) is 0 Å². The van der Waals surface area contributed by atoms with Gasteiger partial charge in [-0.2, -0.15) is 0 Å². The van der Waals surface area contributed by atoms with Gasteiger partial charge in [0.05, 0.1) is 5.38 Å². The molecule has 2 heteroatoms. The van der Waals surface area contributed by atoms with Crippen LogP contribution in [0.5, 0.6) is 0 Å². The molecule has 75 valence electrons. The van der Waals surface area contributed by atoms with Crippen molar-refractivity contribution in [3.63, 3.8) is 0 Å². The Morgan fingerprint density at radius 1 is 1.21 bits per heavy atom. The average Bonchev–Trinajstić information content (AvgIpc) is 2.30. The fourth-order valence-electron chi connectivity index (χ4n) is 1.91. The summed E-state index contributed by atoms with van der Waals surface area (Å²) in [6.07, 6.45) is 3.64. The fraction of sp³-hybridized carbons (Fsp3) is 0.500. The van der Waals surface area contributed by atoms with Crippen LogP contribution >= 0.6 is 11.6 Å². The summed E-state index contributed by atoms with van der Waals surface area (Å²) in [6.45, 7) is 0.987. The number of piperidine rings is 1. The highest BCUT2D eigenvalue weighted by atomic mass is 35.5. The number of nitrogens with zero attached hydrogens (tertiary/aromatic N) is 1. The quantitative estimate of drug-likeness (QED) is 0.664. The van der Waals surface area contributed by atoms with E-state index >= 15 is 0 Å². The number of benzene rings is 1. The van der Waals surface area contributed by atoms with Crippen molar-refractivity contribution in [2.45, 2.75) is 30.7 Å². The summed E-state index contributed by atoms with van der Waals surface area (Å²) in [5, 5.41) is 4.64. The zero-order valence-corrected chi connectivity index (χ0v) is 8.95. The van der Waals surface area contributed by atoms with Gasteiger partial charge < -0.3 is 0 Å². The van der Waals surface area contributed by atoms with Crippen LogP contribution in [0, 0.1) is 0 Å². The van der Waals surface area contributed by atoms with E-state index in [4.69, 9.17) is 11.6 Å². The minimum Gasteiger partial charge on any atom is -0.237 e. The second kappa shape index (κ2) is 4.81. The smallest absolute Gasteiger partial charge is 0.0754 e. The largest absolute Gasteiger partial charge is 0.237 e. The maximum atomic E-state index is 6.39. The van der Waals surface area contributed by atoms with Crippen LogP contribution in [0.4, 0.5) is 0 Å². The number of halogens is 1. The highest BCUT2D eigenvalue weighted by Gasteiger charge is 2.23. The molecule has 1 aliphatic heterocycles. The third-order valence-electron chi connectivity index (χ3n) is 2.73. The van der Waals surface area contributed by atoms with Gasteiger partial charge in [-0.3, -0.25) is 0 Å². The Morgan fingerprint density at radius 2 is 2.00 bits per heavy atom. The zero-order chi connectivity index (χ0) is 9.80. The maximum absolute atomic E-state index is 6.39. The van der Waals surface area contributed by atoms with Gasteiger partial charge in [0.15, 0.2) is 0 Å². The van der Waals surface area contributed by atoms with E-state index in [0.29, 0.717) is 6.04 Å². The summed E-state index contributed by atoms with van der Waals surface area (Å²) in [7, 11) is 0. The van der Waals surface area contributed by atoms with Crippen LogP contribution in [0.3, 0.4) is 0 Å². The van der Waals surface area contributed by atoms with Crippen molar-refractivity contribution in [3.05, 3.63) is 35.9 Å². The van der Waals surface area contributed by atoms with Gasteiger partial charge >= 0.3 is 0 Å². The predicted octanol–water partition coefficient (Wildman–Crippen LogP) is 3.12. The first kappa shape index (κ1) is 10.0. The van der Waals surface area contributed by atoms with E-state index in [1.54, 1.807) is 0 Å². The van der Waals surface area contributed by atoms with Gasteiger partial charge in [0.1, 0.15) is 0 Å². The van der Waals surface area contributed by atoms with Crippen LogP contribution in [-0.2, 0) is 0 Å². The van der Waals surface area contributed by atoms with Gasteiger partial charge in [-0.1, -0.05) is 36.8 Å². The molecular formula is C12H15ClN. The molecule has 1 aliphatic rings. The van der Waals surface area contributed by atoms with Crippen LogP contribution in [-0.4, -0.2) is 12.6 Å². The molecule has 2 atom stereocenters. The van der Waals surface area contributed by atoms with Crippen LogP contribution in [0.1, 0.15) is 30.2 Å².